The smallest absolute Gasteiger partial charge is 0.145 e. The van der Waals surface area contributed by atoms with Crippen LogP contribution in [0.3, 0.4) is 0 Å². The average molecular weight is 312 g/mol. The van der Waals surface area contributed by atoms with Gasteiger partial charge in [0.15, 0.2) is 0 Å². The molecule has 0 amide bonds. The van der Waals surface area contributed by atoms with Crippen molar-refractivity contribution in [3.05, 3.63) is 42.0 Å². The molecule has 3 heterocycles. The van der Waals surface area contributed by atoms with E-state index in [2.05, 4.69) is 49.1 Å². The first-order chi connectivity index (χ1) is 11.2. The summed E-state index contributed by atoms with van der Waals surface area (Å²) < 4.78 is 0. The third-order valence-electron chi connectivity index (χ3n) is 4.18. The summed E-state index contributed by atoms with van der Waals surface area (Å²) in [5, 5.41) is 3.28. The quantitative estimate of drug-likeness (QED) is 0.910. The van der Waals surface area contributed by atoms with Crippen LogP contribution in [0.25, 0.3) is 0 Å². The molecule has 2 aromatic rings. The Hall–Kier alpha value is -2.21. The van der Waals surface area contributed by atoms with E-state index >= 15 is 0 Å². The lowest BCUT2D eigenvalue weighted by atomic mass is 10.2. The average Bonchev–Trinajstić information content (AvgIpc) is 2.61. The molecule has 0 bridgehead atoms. The number of nitrogens with zero attached hydrogens (tertiary/aromatic N) is 5. The number of aromatic nitrogens is 3. The van der Waals surface area contributed by atoms with E-state index in [4.69, 9.17) is 0 Å². The fourth-order valence-electron chi connectivity index (χ4n) is 2.74. The van der Waals surface area contributed by atoms with Gasteiger partial charge in [-0.3, -0.25) is 4.98 Å². The van der Waals surface area contributed by atoms with Crippen molar-refractivity contribution in [2.45, 2.75) is 20.4 Å². The van der Waals surface area contributed by atoms with Crippen LogP contribution >= 0.6 is 0 Å². The lowest BCUT2D eigenvalue weighted by molar-refractivity contribution is 0.270. The second-order valence-corrected chi connectivity index (χ2v) is 5.85. The summed E-state index contributed by atoms with van der Waals surface area (Å²) in [6.45, 7) is 10.3. The number of nitrogens with one attached hydrogen (secondary N) is 1. The molecule has 1 saturated heterocycles. The van der Waals surface area contributed by atoms with E-state index in [9.17, 15) is 0 Å². The summed E-state index contributed by atoms with van der Waals surface area (Å²) in [7, 11) is 0. The third kappa shape index (κ3) is 4.16. The van der Waals surface area contributed by atoms with Crippen molar-refractivity contribution < 1.29 is 0 Å². The molecule has 1 fully saturated rings. The number of anilines is 2. The molecule has 1 aliphatic heterocycles. The van der Waals surface area contributed by atoms with E-state index in [0.717, 1.165) is 55.6 Å². The van der Waals surface area contributed by atoms with Crippen LogP contribution in [-0.2, 0) is 6.54 Å². The van der Waals surface area contributed by atoms with Gasteiger partial charge in [-0.25, -0.2) is 9.97 Å². The van der Waals surface area contributed by atoms with Crippen LogP contribution < -0.4 is 10.2 Å². The zero-order valence-corrected chi connectivity index (χ0v) is 13.9. The molecule has 1 aliphatic rings. The van der Waals surface area contributed by atoms with E-state index in [1.165, 1.54) is 0 Å². The van der Waals surface area contributed by atoms with E-state index in [1.807, 2.05) is 13.1 Å². The molecule has 2 aromatic heterocycles. The summed E-state index contributed by atoms with van der Waals surface area (Å²) in [6.07, 6.45) is 5.43. The van der Waals surface area contributed by atoms with Gasteiger partial charge >= 0.3 is 0 Å². The van der Waals surface area contributed by atoms with Gasteiger partial charge in [0.2, 0.25) is 0 Å². The second-order valence-electron chi connectivity index (χ2n) is 5.85. The predicted octanol–water partition coefficient (Wildman–Crippen LogP) is 1.93. The second kappa shape index (κ2) is 7.37. The largest absolute Gasteiger partial charge is 0.365 e. The SMILES string of the molecule is CCN1CCN(c2ccc(CNc3cncc(C)n3)cn2)CC1. The number of hydrogen-bond acceptors (Lipinski definition) is 6. The van der Waals surface area contributed by atoms with Crippen LogP contribution in [0.5, 0.6) is 0 Å². The maximum absolute atomic E-state index is 4.61. The first-order valence-electron chi connectivity index (χ1n) is 8.19. The number of aryl methyl sites for hydroxylation is 1. The molecule has 6 heteroatoms. The molecule has 23 heavy (non-hydrogen) atoms. The standard InChI is InChI=1S/C17H24N6/c1-3-22-6-8-23(9-7-22)17-5-4-15(12-20-17)11-19-16-13-18-10-14(2)21-16/h4-5,10,12-13H,3,6-9,11H2,1-2H3,(H,19,21). The highest BCUT2D eigenvalue weighted by Crippen LogP contribution is 2.14. The lowest BCUT2D eigenvalue weighted by Gasteiger charge is -2.34. The third-order valence-corrected chi connectivity index (χ3v) is 4.18. The maximum atomic E-state index is 4.61. The Kier molecular flexibility index (Phi) is 5.02. The Labute approximate surface area is 137 Å². The van der Waals surface area contributed by atoms with Crippen molar-refractivity contribution in [1.82, 2.24) is 19.9 Å². The van der Waals surface area contributed by atoms with Gasteiger partial charge in [0.25, 0.3) is 0 Å². The van der Waals surface area contributed by atoms with Gasteiger partial charge in [-0.05, 0) is 25.1 Å². The summed E-state index contributed by atoms with van der Waals surface area (Å²) in [5.74, 6) is 1.87. The molecule has 0 atom stereocenters. The molecule has 0 spiro atoms. The fourth-order valence-corrected chi connectivity index (χ4v) is 2.74. The Morgan fingerprint density at radius 1 is 1.09 bits per heavy atom. The van der Waals surface area contributed by atoms with Crippen LogP contribution in [-0.4, -0.2) is 52.6 Å². The Morgan fingerprint density at radius 2 is 1.91 bits per heavy atom. The Balaban J connectivity index is 1.55. The molecule has 0 radical (unpaired) electrons. The minimum Gasteiger partial charge on any atom is -0.365 e. The van der Waals surface area contributed by atoms with E-state index < -0.39 is 0 Å². The molecule has 0 saturated carbocycles. The van der Waals surface area contributed by atoms with Crippen molar-refractivity contribution in [1.29, 1.82) is 0 Å². The first kappa shape index (κ1) is 15.7. The predicted molar refractivity (Wildman–Crippen MR) is 92.7 cm³/mol. The molecule has 0 aromatic carbocycles. The lowest BCUT2D eigenvalue weighted by Crippen LogP contribution is -2.46. The van der Waals surface area contributed by atoms with Crippen LogP contribution in [0, 0.1) is 6.92 Å². The van der Waals surface area contributed by atoms with Crippen LogP contribution in [0.1, 0.15) is 18.2 Å². The molecule has 6 nitrogen and oxygen atoms in total. The molecule has 0 unspecified atom stereocenters. The zero-order chi connectivity index (χ0) is 16.1. The van der Waals surface area contributed by atoms with E-state index in [1.54, 1.807) is 12.4 Å². The minimum atomic E-state index is 0.703. The summed E-state index contributed by atoms with van der Waals surface area (Å²) in [6, 6.07) is 4.24. The summed E-state index contributed by atoms with van der Waals surface area (Å²) in [4.78, 5) is 18.0. The molecular formula is C17H24N6. The van der Waals surface area contributed by atoms with E-state index in [-0.39, 0.29) is 0 Å². The maximum Gasteiger partial charge on any atom is 0.145 e. The van der Waals surface area contributed by atoms with Gasteiger partial charge in [-0.15, -0.1) is 0 Å². The number of likely N-dealkylation sites (N-methyl/N-ethyl adjacent to an activating group) is 1. The normalized spacial score (nSPS) is 15.7. The van der Waals surface area contributed by atoms with Crippen LogP contribution in [0.2, 0.25) is 0 Å². The number of rotatable bonds is 5. The summed E-state index contributed by atoms with van der Waals surface area (Å²) in [5.41, 5.74) is 2.05. The topological polar surface area (TPSA) is 57.2 Å². The molecule has 0 aliphatic carbocycles. The van der Waals surface area contributed by atoms with Crippen molar-refractivity contribution in [2.24, 2.45) is 0 Å². The summed E-state index contributed by atoms with van der Waals surface area (Å²) >= 11 is 0. The van der Waals surface area contributed by atoms with Gasteiger partial charge in [0, 0.05) is 45.1 Å². The number of pyridine rings is 1. The molecular weight excluding hydrogens is 288 g/mol. The highest BCUT2D eigenvalue weighted by molar-refractivity contribution is 5.41. The van der Waals surface area contributed by atoms with E-state index in [0.29, 0.717) is 6.54 Å². The van der Waals surface area contributed by atoms with Crippen molar-refractivity contribution >= 4 is 11.6 Å². The van der Waals surface area contributed by atoms with Crippen LogP contribution in [0.4, 0.5) is 11.6 Å². The minimum absolute atomic E-state index is 0.703. The Bertz CT molecular complexity index is 619. The number of piperazine rings is 1. The first-order valence-corrected chi connectivity index (χ1v) is 8.19. The van der Waals surface area contributed by atoms with Crippen molar-refractivity contribution in [3.63, 3.8) is 0 Å². The number of hydrogen-bond donors (Lipinski definition) is 1. The highest BCUT2D eigenvalue weighted by atomic mass is 15.3. The van der Waals surface area contributed by atoms with Crippen LogP contribution in [0.15, 0.2) is 30.7 Å². The fraction of sp³-hybridized carbons (Fsp3) is 0.471. The van der Waals surface area contributed by atoms with Gasteiger partial charge in [0.05, 0.1) is 11.9 Å². The van der Waals surface area contributed by atoms with Gasteiger partial charge in [0.1, 0.15) is 11.6 Å². The highest BCUT2D eigenvalue weighted by Gasteiger charge is 2.16. The van der Waals surface area contributed by atoms with Crippen molar-refractivity contribution in [3.8, 4) is 0 Å². The van der Waals surface area contributed by atoms with Gasteiger partial charge < -0.3 is 15.1 Å². The molecule has 122 valence electrons. The van der Waals surface area contributed by atoms with Gasteiger partial charge in [-0.2, -0.15) is 0 Å². The Morgan fingerprint density at radius 3 is 2.57 bits per heavy atom. The van der Waals surface area contributed by atoms with Crippen molar-refractivity contribution in [2.75, 3.05) is 42.9 Å². The molecule has 1 N–H and O–H groups in total. The zero-order valence-electron chi connectivity index (χ0n) is 13.9. The van der Waals surface area contributed by atoms with Gasteiger partial charge in [-0.1, -0.05) is 13.0 Å². The monoisotopic (exact) mass is 312 g/mol. The molecule has 3 rings (SSSR count).